The predicted octanol–water partition coefficient (Wildman–Crippen LogP) is 1.26. The number of hydrogen-bond acceptors (Lipinski definition) is 4. The van der Waals surface area contributed by atoms with Crippen molar-refractivity contribution < 1.29 is 18.8 Å². The number of nitrogens with two attached hydrogens (primary N) is 1. The Morgan fingerprint density at radius 1 is 0.889 bits per heavy atom. The molecule has 0 aromatic heterocycles. The molecule has 18 heavy (non-hydrogen) atoms. The Kier molecular flexibility index (Phi) is 15.3. The summed E-state index contributed by atoms with van der Waals surface area (Å²) in [6, 6.07) is 9.49. The van der Waals surface area contributed by atoms with Gasteiger partial charge in [-0.3, -0.25) is 0 Å². The maximum absolute atomic E-state index is 5.36. The summed E-state index contributed by atoms with van der Waals surface area (Å²) in [5.41, 5.74) is 6.18. The minimum Gasteiger partial charge on any atom is -0.412 e. The lowest BCUT2D eigenvalue weighted by molar-refractivity contribution is 0.107. The van der Waals surface area contributed by atoms with Crippen LogP contribution < -0.4 is 5.73 Å². The molecular formula is C12H25NO4Si. The van der Waals surface area contributed by atoms with E-state index in [1.165, 1.54) is 0 Å². The quantitative estimate of drug-likeness (QED) is 0.625. The summed E-state index contributed by atoms with van der Waals surface area (Å²) in [4.78, 5) is 0. The van der Waals surface area contributed by atoms with E-state index in [4.69, 9.17) is 19.0 Å². The van der Waals surface area contributed by atoms with E-state index in [0.29, 0.717) is 19.8 Å². The zero-order chi connectivity index (χ0) is 12.9. The third-order valence-electron chi connectivity index (χ3n) is 1.71. The van der Waals surface area contributed by atoms with Gasteiger partial charge in [-0.2, -0.15) is 0 Å². The van der Waals surface area contributed by atoms with Crippen LogP contribution in [0.4, 0.5) is 5.69 Å². The van der Waals surface area contributed by atoms with Crippen molar-refractivity contribution in [2.45, 2.75) is 20.8 Å². The van der Waals surface area contributed by atoms with Gasteiger partial charge in [-0.25, -0.2) is 0 Å². The lowest BCUT2D eigenvalue weighted by Crippen LogP contribution is -2.27. The van der Waals surface area contributed by atoms with Gasteiger partial charge in [-0.1, -0.05) is 18.2 Å². The molecule has 0 aliphatic rings. The third kappa shape index (κ3) is 11.6. The van der Waals surface area contributed by atoms with Gasteiger partial charge in [0.25, 0.3) is 0 Å². The van der Waals surface area contributed by atoms with E-state index in [2.05, 4.69) is 0 Å². The van der Waals surface area contributed by atoms with Crippen molar-refractivity contribution in [2.75, 3.05) is 25.6 Å². The fourth-order valence-electron chi connectivity index (χ4n) is 1.01. The van der Waals surface area contributed by atoms with Gasteiger partial charge in [0, 0.05) is 25.5 Å². The Bertz CT molecular complexity index is 247. The van der Waals surface area contributed by atoms with Crippen LogP contribution in [-0.2, 0) is 13.3 Å². The van der Waals surface area contributed by atoms with E-state index in [1.807, 2.05) is 51.1 Å². The average molecular weight is 275 g/mol. The number of hydrogen-bond donors (Lipinski definition) is 1. The lowest BCUT2D eigenvalue weighted by atomic mass is 10.3. The summed E-state index contributed by atoms with van der Waals surface area (Å²) >= 11 is 0. The predicted molar refractivity (Wildman–Crippen MR) is 76.5 cm³/mol. The molecule has 5 nitrogen and oxygen atoms in total. The normalized spacial score (nSPS) is 9.33. The topological polar surface area (TPSA) is 85.2 Å². The molecule has 0 spiro atoms. The molecular weight excluding hydrogens is 250 g/mol. The van der Waals surface area contributed by atoms with Crippen molar-refractivity contribution >= 4 is 15.2 Å². The van der Waals surface area contributed by atoms with Crippen LogP contribution in [-0.4, -0.2) is 34.8 Å². The molecule has 0 saturated heterocycles. The molecule has 0 heterocycles. The number of anilines is 1. The zero-order valence-corrected chi connectivity index (χ0v) is 12.5. The molecule has 0 amide bonds. The molecule has 106 valence electrons. The minimum atomic E-state index is -1.73. The smallest absolute Gasteiger partial charge is 0.412 e. The van der Waals surface area contributed by atoms with Gasteiger partial charge in [-0.15, -0.1) is 0 Å². The number of rotatable bonds is 6. The molecule has 1 rings (SSSR count). The summed E-state index contributed by atoms with van der Waals surface area (Å²) in [6.07, 6.45) is 0. The maximum Gasteiger partial charge on any atom is 0.484 e. The monoisotopic (exact) mass is 275 g/mol. The molecule has 0 unspecified atom stereocenters. The van der Waals surface area contributed by atoms with Crippen LogP contribution in [0.2, 0.25) is 0 Å². The van der Waals surface area contributed by atoms with Crippen molar-refractivity contribution in [3.05, 3.63) is 30.3 Å². The highest BCUT2D eigenvalue weighted by Gasteiger charge is 2.11. The van der Waals surface area contributed by atoms with Crippen molar-refractivity contribution in [2.24, 2.45) is 0 Å². The first kappa shape index (κ1) is 19.4. The summed E-state index contributed by atoms with van der Waals surface area (Å²) in [5, 5.41) is 0. The molecule has 0 atom stereocenters. The van der Waals surface area contributed by atoms with Gasteiger partial charge in [0.05, 0.1) is 0 Å². The Balaban J connectivity index is 0. The summed E-state index contributed by atoms with van der Waals surface area (Å²) in [6.45, 7) is 7.86. The van der Waals surface area contributed by atoms with E-state index < -0.39 is 9.53 Å². The second kappa shape index (κ2) is 14.1. The number of para-hydroxylation sites is 1. The fourth-order valence-corrected chi connectivity index (χ4v) is 2.11. The van der Waals surface area contributed by atoms with E-state index in [9.17, 15) is 0 Å². The molecule has 0 radical (unpaired) electrons. The average Bonchev–Trinajstić information content (AvgIpc) is 2.32. The molecule has 0 aliphatic heterocycles. The second-order valence-corrected chi connectivity index (χ2v) is 4.64. The first-order valence-electron chi connectivity index (χ1n) is 5.89. The van der Waals surface area contributed by atoms with Crippen molar-refractivity contribution in [3.63, 3.8) is 0 Å². The highest BCUT2D eigenvalue weighted by Crippen LogP contribution is 1.95. The summed E-state index contributed by atoms with van der Waals surface area (Å²) in [7, 11) is -1.73. The van der Waals surface area contributed by atoms with Crippen LogP contribution in [0.3, 0.4) is 0 Å². The first-order valence-corrected chi connectivity index (χ1v) is 7.31. The van der Waals surface area contributed by atoms with Gasteiger partial charge in [-0.05, 0) is 32.9 Å². The molecule has 0 aliphatic carbocycles. The molecule has 0 fully saturated rings. The molecule has 0 bridgehead atoms. The van der Waals surface area contributed by atoms with Crippen LogP contribution >= 0.6 is 0 Å². The minimum absolute atomic E-state index is 0. The summed E-state index contributed by atoms with van der Waals surface area (Å²) < 4.78 is 15.7. The number of nitrogen functional groups attached to an aromatic ring is 1. The van der Waals surface area contributed by atoms with Crippen molar-refractivity contribution in [1.29, 1.82) is 0 Å². The standard InChI is InChI=1S/C6H7N.C6H16O3Si.H2O/c7-6-4-2-1-3-5-6;1-4-7-10(8-5-2)9-6-3;/h1-5H,7H2;10H,4-6H2,1-3H3;1H2. The van der Waals surface area contributed by atoms with Crippen LogP contribution in [0.25, 0.3) is 0 Å². The fraction of sp³-hybridized carbons (Fsp3) is 0.500. The molecule has 6 heteroatoms. The maximum atomic E-state index is 5.36. The van der Waals surface area contributed by atoms with Crippen molar-refractivity contribution in [1.82, 2.24) is 0 Å². The largest absolute Gasteiger partial charge is 0.484 e. The van der Waals surface area contributed by atoms with Gasteiger partial charge < -0.3 is 24.5 Å². The van der Waals surface area contributed by atoms with Crippen LogP contribution in [0.1, 0.15) is 20.8 Å². The SMILES string of the molecule is CCO[SiH](OCC)OCC.Nc1ccccc1.O. The zero-order valence-electron chi connectivity index (χ0n) is 11.4. The van der Waals surface area contributed by atoms with Crippen LogP contribution in [0, 0.1) is 0 Å². The third-order valence-corrected chi connectivity index (χ3v) is 3.52. The van der Waals surface area contributed by atoms with E-state index in [1.54, 1.807) is 0 Å². The molecule has 4 N–H and O–H groups in total. The molecule has 0 saturated carbocycles. The van der Waals surface area contributed by atoms with Crippen LogP contribution in [0.5, 0.6) is 0 Å². The Hall–Kier alpha value is -0.923. The van der Waals surface area contributed by atoms with Gasteiger partial charge in [0.15, 0.2) is 0 Å². The summed E-state index contributed by atoms with van der Waals surface area (Å²) in [5.74, 6) is 0. The highest BCUT2D eigenvalue weighted by molar-refractivity contribution is 6.36. The van der Waals surface area contributed by atoms with Gasteiger partial charge >= 0.3 is 9.53 Å². The van der Waals surface area contributed by atoms with E-state index >= 15 is 0 Å². The highest BCUT2D eigenvalue weighted by atomic mass is 28.3. The second-order valence-electron chi connectivity index (χ2n) is 3.07. The molecule has 1 aromatic rings. The first-order chi connectivity index (χ1) is 8.24. The number of benzene rings is 1. The molecule has 1 aromatic carbocycles. The lowest BCUT2D eigenvalue weighted by Gasteiger charge is -2.12. The van der Waals surface area contributed by atoms with Gasteiger partial charge in [0.2, 0.25) is 0 Å². The van der Waals surface area contributed by atoms with E-state index in [0.717, 1.165) is 5.69 Å². The van der Waals surface area contributed by atoms with Crippen molar-refractivity contribution in [3.8, 4) is 0 Å². The Labute approximate surface area is 111 Å². The van der Waals surface area contributed by atoms with Crippen LogP contribution in [0.15, 0.2) is 30.3 Å². The van der Waals surface area contributed by atoms with E-state index in [-0.39, 0.29) is 5.48 Å². The Morgan fingerprint density at radius 2 is 1.28 bits per heavy atom. The Morgan fingerprint density at radius 3 is 1.50 bits per heavy atom. The van der Waals surface area contributed by atoms with Gasteiger partial charge in [0.1, 0.15) is 0 Å².